The number of anilines is 1. The van der Waals surface area contributed by atoms with Gasteiger partial charge in [-0.3, -0.25) is 4.79 Å². The van der Waals surface area contributed by atoms with E-state index in [0.29, 0.717) is 5.76 Å². The number of hydrogen-bond donors (Lipinski definition) is 3. The van der Waals surface area contributed by atoms with Crippen LogP contribution < -0.4 is 5.32 Å². The number of nitrogens with one attached hydrogen (secondary N) is 1. The number of aromatic carboxylic acids is 2. The number of carbonyl (C=O) groups is 3. The van der Waals surface area contributed by atoms with Crippen molar-refractivity contribution in [1.29, 1.82) is 0 Å². The average molecular weight is 290 g/mol. The molecule has 1 aromatic carbocycles. The van der Waals surface area contributed by atoms with E-state index >= 15 is 0 Å². The summed E-state index contributed by atoms with van der Waals surface area (Å²) in [4.78, 5) is 33.8. The van der Waals surface area contributed by atoms with Crippen molar-refractivity contribution in [2.45, 2.75) is 6.92 Å². The number of carbonyl (C=O) groups excluding carboxylic acids is 1. The first-order chi connectivity index (χ1) is 9.86. The second kappa shape index (κ2) is 5.45. The van der Waals surface area contributed by atoms with Gasteiger partial charge in [0.1, 0.15) is 5.76 Å². The van der Waals surface area contributed by atoms with Gasteiger partial charge >= 0.3 is 11.9 Å². The van der Waals surface area contributed by atoms with Crippen LogP contribution in [0.3, 0.4) is 0 Å². The largest absolute Gasteiger partial charge is 0.478 e. The Kier molecular flexibility index (Phi) is 3.70. The number of nitrogens with zero attached hydrogens (tertiary/aromatic N) is 1. The molecule has 1 heterocycles. The second-order valence-electron chi connectivity index (χ2n) is 4.19. The highest BCUT2D eigenvalue weighted by molar-refractivity contribution is 6.04. The van der Waals surface area contributed by atoms with Gasteiger partial charge in [0.25, 0.3) is 5.91 Å². The maximum atomic E-state index is 11.9. The molecule has 2 rings (SSSR count). The number of rotatable bonds is 4. The van der Waals surface area contributed by atoms with E-state index in [0.717, 1.165) is 18.2 Å². The summed E-state index contributed by atoms with van der Waals surface area (Å²) in [7, 11) is 0. The molecular formula is C13H10N2O6. The van der Waals surface area contributed by atoms with Crippen molar-refractivity contribution in [3.05, 3.63) is 46.8 Å². The van der Waals surface area contributed by atoms with E-state index in [2.05, 4.69) is 10.5 Å². The van der Waals surface area contributed by atoms with Crippen LogP contribution in [0.15, 0.2) is 28.8 Å². The molecule has 2 aromatic rings. The van der Waals surface area contributed by atoms with Crippen LogP contribution >= 0.6 is 0 Å². The van der Waals surface area contributed by atoms with E-state index in [1.165, 1.54) is 6.07 Å². The molecule has 0 aliphatic heterocycles. The van der Waals surface area contributed by atoms with Gasteiger partial charge in [-0.2, -0.15) is 0 Å². The van der Waals surface area contributed by atoms with Crippen LogP contribution in [0.4, 0.5) is 5.69 Å². The van der Waals surface area contributed by atoms with E-state index < -0.39 is 17.8 Å². The SMILES string of the molecule is Cc1cc(C(=O)Nc2cc(C(=O)O)cc(C(=O)O)c2)no1. The molecule has 0 radical (unpaired) electrons. The van der Waals surface area contributed by atoms with Crippen LogP contribution in [-0.4, -0.2) is 33.2 Å². The molecular weight excluding hydrogens is 280 g/mol. The van der Waals surface area contributed by atoms with Gasteiger partial charge in [0.15, 0.2) is 5.69 Å². The molecule has 108 valence electrons. The summed E-state index contributed by atoms with van der Waals surface area (Å²) in [6.07, 6.45) is 0. The summed E-state index contributed by atoms with van der Waals surface area (Å²) in [5, 5.41) is 23.8. The Balaban J connectivity index is 2.32. The minimum Gasteiger partial charge on any atom is -0.478 e. The molecule has 8 heteroatoms. The molecule has 0 aliphatic rings. The smallest absolute Gasteiger partial charge is 0.335 e. The molecule has 1 aromatic heterocycles. The fourth-order valence-corrected chi connectivity index (χ4v) is 1.62. The van der Waals surface area contributed by atoms with E-state index in [-0.39, 0.29) is 22.5 Å². The van der Waals surface area contributed by atoms with Crippen molar-refractivity contribution >= 4 is 23.5 Å². The summed E-state index contributed by atoms with van der Waals surface area (Å²) in [5.74, 6) is -2.80. The third-order valence-electron chi connectivity index (χ3n) is 2.55. The highest BCUT2D eigenvalue weighted by atomic mass is 16.5. The molecule has 1 amide bonds. The minimum absolute atomic E-state index is 0.00473. The third kappa shape index (κ3) is 3.24. The van der Waals surface area contributed by atoms with E-state index in [4.69, 9.17) is 14.7 Å². The maximum Gasteiger partial charge on any atom is 0.335 e. The monoisotopic (exact) mass is 290 g/mol. The lowest BCUT2D eigenvalue weighted by Crippen LogP contribution is -2.14. The number of hydrogen-bond acceptors (Lipinski definition) is 5. The fourth-order valence-electron chi connectivity index (χ4n) is 1.62. The summed E-state index contributed by atoms with van der Waals surface area (Å²) in [6, 6.07) is 4.70. The minimum atomic E-state index is -1.30. The first kappa shape index (κ1) is 14.3. The van der Waals surface area contributed by atoms with E-state index in [9.17, 15) is 14.4 Å². The van der Waals surface area contributed by atoms with E-state index in [1.54, 1.807) is 6.92 Å². The van der Waals surface area contributed by atoms with Crippen LogP contribution in [-0.2, 0) is 0 Å². The molecule has 0 aliphatic carbocycles. The molecule has 21 heavy (non-hydrogen) atoms. The Morgan fingerprint density at radius 1 is 1.05 bits per heavy atom. The topological polar surface area (TPSA) is 130 Å². The predicted octanol–water partition coefficient (Wildman–Crippen LogP) is 1.63. The van der Waals surface area contributed by atoms with Gasteiger partial charge in [-0.25, -0.2) is 9.59 Å². The first-order valence-corrected chi connectivity index (χ1v) is 5.73. The molecule has 0 fully saturated rings. The average Bonchev–Trinajstić information content (AvgIpc) is 2.85. The zero-order valence-corrected chi connectivity index (χ0v) is 10.8. The van der Waals surface area contributed by atoms with Crippen LogP contribution in [0.1, 0.15) is 37.0 Å². The van der Waals surface area contributed by atoms with Gasteiger partial charge in [-0.05, 0) is 25.1 Å². The Morgan fingerprint density at radius 2 is 1.62 bits per heavy atom. The standard InChI is InChI=1S/C13H10N2O6/c1-6-2-10(15-21-6)11(16)14-9-4-7(12(17)18)3-8(5-9)13(19)20/h2-5H,1H3,(H,14,16)(H,17,18)(H,19,20). The lowest BCUT2D eigenvalue weighted by Gasteiger charge is -2.06. The number of carboxylic acids is 2. The molecule has 0 bridgehead atoms. The molecule has 0 unspecified atom stereocenters. The summed E-state index contributed by atoms with van der Waals surface area (Å²) in [5.41, 5.74) is -0.453. The van der Waals surface area contributed by atoms with Crippen molar-refractivity contribution in [3.63, 3.8) is 0 Å². The zero-order chi connectivity index (χ0) is 15.6. The lowest BCUT2D eigenvalue weighted by molar-refractivity contribution is 0.0696. The number of aryl methyl sites for hydroxylation is 1. The van der Waals surface area contributed by atoms with Crippen LogP contribution in [0.5, 0.6) is 0 Å². The maximum absolute atomic E-state index is 11.9. The quantitative estimate of drug-likeness (QED) is 0.780. The van der Waals surface area contributed by atoms with Crippen molar-refractivity contribution in [2.24, 2.45) is 0 Å². The normalized spacial score (nSPS) is 10.1. The lowest BCUT2D eigenvalue weighted by atomic mass is 10.1. The molecule has 0 spiro atoms. The number of carboxylic acid groups (broad SMARTS) is 2. The highest BCUT2D eigenvalue weighted by Crippen LogP contribution is 2.16. The Labute approximate surface area is 118 Å². The summed E-state index contributed by atoms with van der Waals surface area (Å²) >= 11 is 0. The zero-order valence-electron chi connectivity index (χ0n) is 10.8. The summed E-state index contributed by atoms with van der Waals surface area (Å²) in [6.45, 7) is 1.61. The van der Waals surface area contributed by atoms with Crippen LogP contribution in [0.25, 0.3) is 0 Å². The van der Waals surface area contributed by atoms with Crippen LogP contribution in [0, 0.1) is 6.92 Å². The van der Waals surface area contributed by atoms with Crippen molar-refractivity contribution in [1.82, 2.24) is 5.16 Å². The number of benzene rings is 1. The molecule has 0 saturated heterocycles. The fraction of sp³-hybridized carbons (Fsp3) is 0.0769. The predicted molar refractivity (Wildman–Crippen MR) is 69.6 cm³/mol. The Hall–Kier alpha value is -3.16. The van der Waals surface area contributed by atoms with Gasteiger partial charge in [-0.1, -0.05) is 5.16 Å². The van der Waals surface area contributed by atoms with Gasteiger partial charge in [0.05, 0.1) is 11.1 Å². The first-order valence-electron chi connectivity index (χ1n) is 5.73. The molecule has 3 N–H and O–H groups in total. The molecule has 0 atom stereocenters. The highest BCUT2D eigenvalue weighted by Gasteiger charge is 2.15. The third-order valence-corrected chi connectivity index (χ3v) is 2.55. The number of aromatic nitrogens is 1. The van der Waals surface area contributed by atoms with Gasteiger partial charge in [-0.15, -0.1) is 0 Å². The summed E-state index contributed by atoms with van der Waals surface area (Å²) < 4.78 is 4.75. The Morgan fingerprint density at radius 3 is 2.05 bits per heavy atom. The van der Waals surface area contributed by atoms with Crippen molar-refractivity contribution in [3.8, 4) is 0 Å². The van der Waals surface area contributed by atoms with Crippen molar-refractivity contribution < 1.29 is 29.1 Å². The van der Waals surface area contributed by atoms with Crippen LogP contribution in [0.2, 0.25) is 0 Å². The molecule has 8 nitrogen and oxygen atoms in total. The Bertz CT molecular complexity index is 702. The van der Waals surface area contributed by atoms with Crippen molar-refractivity contribution in [2.75, 3.05) is 5.32 Å². The number of amides is 1. The van der Waals surface area contributed by atoms with Gasteiger partial charge in [0, 0.05) is 11.8 Å². The molecule has 0 saturated carbocycles. The second-order valence-corrected chi connectivity index (χ2v) is 4.19. The van der Waals surface area contributed by atoms with E-state index in [1.807, 2.05) is 0 Å². The van der Waals surface area contributed by atoms with Gasteiger partial charge in [0.2, 0.25) is 0 Å². The van der Waals surface area contributed by atoms with Gasteiger partial charge < -0.3 is 20.1 Å².